The van der Waals surface area contributed by atoms with Crippen molar-refractivity contribution in [3.8, 4) is 0 Å². The molecule has 0 spiro atoms. The third-order valence-corrected chi connectivity index (χ3v) is 4.72. The number of halogens is 3. The minimum atomic E-state index is -4.71. The van der Waals surface area contributed by atoms with Gasteiger partial charge in [0.15, 0.2) is 5.82 Å². The second kappa shape index (κ2) is 7.23. The predicted octanol–water partition coefficient (Wildman–Crippen LogP) is 4.06. The maximum atomic E-state index is 12.4. The van der Waals surface area contributed by atoms with Gasteiger partial charge in [0.05, 0.1) is 4.90 Å². The first-order chi connectivity index (χ1) is 12.7. The van der Waals surface area contributed by atoms with Crippen molar-refractivity contribution in [2.24, 2.45) is 0 Å². The molecule has 0 amide bonds. The lowest BCUT2D eigenvalue weighted by Crippen LogP contribution is -2.12. The fourth-order valence-electron chi connectivity index (χ4n) is 2.07. The lowest BCUT2D eigenvalue weighted by atomic mass is 10.2. The first-order valence-corrected chi connectivity index (χ1v) is 8.99. The van der Waals surface area contributed by atoms with Gasteiger partial charge < -0.3 is 4.52 Å². The highest BCUT2D eigenvalue weighted by Gasteiger charge is 2.38. The number of hydrogen-bond acceptors (Lipinski definition) is 5. The Balaban J connectivity index is 1.72. The van der Waals surface area contributed by atoms with Crippen molar-refractivity contribution in [1.29, 1.82) is 0 Å². The van der Waals surface area contributed by atoms with Gasteiger partial charge in [-0.2, -0.15) is 18.2 Å². The van der Waals surface area contributed by atoms with E-state index in [1.54, 1.807) is 30.3 Å². The van der Waals surface area contributed by atoms with Gasteiger partial charge in [-0.25, -0.2) is 8.42 Å². The Labute approximate surface area is 152 Å². The van der Waals surface area contributed by atoms with Gasteiger partial charge >= 0.3 is 12.1 Å². The van der Waals surface area contributed by atoms with E-state index in [2.05, 4.69) is 19.4 Å². The van der Waals surface area contributed by atoms with Gasteiger partial charge in [-0.15, -0.1) is 0 Å². The Morgan fingerprint density at radius 1 is 0.963 bits per heavy atom. The van der Waals surface area contributed by atoms with Gasteiger partial charge in [-0.1, -0.05) is 41.6 Å². The first kappa shape index (κ1) is 18.6. The van der Waals surface area contributed by atoms with Crippen molar-refractivity contribution in [2.75, 3.05) is 4.72 Å². The van der Waals surface area contributed by atoms with Gasteiger partial charge in [0.1, 0.15) is 0 Å². The van der Waals surface area contributed by atoms with E-state index in [0.717, 1.165) is 0 Å². The lowest BCUT2D eigenvalue weighted by molar-refractivity contribution is -0.159. The molecule has 0 radical (unpaired) electrons. The number of nitrogens with one attached hydrogen (secondary N) is 1. The third kappa shape index (κ3) is 4.73. The third-order valence-electron chi connectivity index (χ3n) is 3.33. The summed E-state index contributed by atoms with van der Waals surface area (Å²) in [5.74, 6) is -1.68. The van der Waals surface area contributed by atoms with E-state index < -0.39 is 22.1 Å². The van der Waals surface area contributed by atoms with Crippen molar-refractivity contribution in [2.45, 2.75) is 11.1 Å². The molecule has 2 aromatic carbocycles. The molecule has 0 fully saturated rings. The fourth-order valence-corrected chi connectivity index (χ4v) is 3.13. The molecule has 27 heavy (non-hydrogen) atoms. The Morgan fingerprint density at radius 3 is 2.22 bits per heavy atom. The highest BCUT2D eigenvalue weighted by atomic mass is 32.2. The number of aromatic nitrogens is 2. The number of hydrogen-bond donors (Lipinski definition) is 1. The fraction of sp³-hybridized carbons (Fsp3) is 0.0588. The van der Waals surface area contributed by atoms with Crippen LogP contribution in [0, 0.1) is 0 Å². The molecule has 3 aromatic rings. The zero-order chi connectivity index (χ0) is 19.5. The van der Waals surface area contributed by atoms with Crippen LogP contribution < -0.4 is 4.72 Å². The zero-order valence-corrected chi connectivity index (χ0v) is 14.3. The van der Waals surface area contributed by atoms with Gasteiger partial charge in [0.25, 0.3) is 10.0 Å². The van der Waals surface area contributed by atoms with Crippen LogP contribution in [0.15, 0.2) is 64.0 Å². The average Bonchev–Trinajstić information content (AvgIpc) is 3.10. The molecular weight excluding hydrogens is 383 g/mol. The van der Waals surface area contributed by atoms with Crippen LogP contribution in [0.1, 0.15) is 17.3 Å². The van der Waals surface area contributed by atoms with E-state index in [9.17, 15) is 21.6 Å². The van der Waals surface area contributed by atoms with Crippen molar-refractivity contribution in [3.63, 3.8) is 0 Å². The van der Waals surface area contributed by atoms with Crippen LogP contribution in [0.2, 0.25) is 0 Å². The summed E-state index contributed by atoms with van der Waals surface area (Å²) in [6.45, 7) is 0. The average molecular weight is 395 g/mol. The Morgan fingerprint density at radius 2 is 1.63 bits per heavy atom. The Bertz CT molecular complexity index is 1040. The van der Waals surface area contributed by atoms with E-state index >= 15 is 0 Å². The molecule has 0 bridgehead atoms. The second-order valence-electron chi connectivity index (χ2n) is 5.33. The minimum absolute atomic E-state index is 0.0439. The summed E-state index contributed by atoms with van der Waals surface area (Å²) in [7, 11) is -3.75. The molecule has 0 saturated heterocycles. The molecule has 140 valence electrons. The molecular formula is C17H12F3N3O3S. The van der Waals surface area contributed by atoms with Crippen molar-refractivity contribution < 1.29 is 26.1 Å². The Kier molecular flexibility index (Phi) is 5.00. The molecule has 0 saturated carbocycles. The van der Waals surface area contributed by atoms with E-state index in [1.807, 2.05) is 0 Å². The number of rotatable bonds is 5. The second-order valence-corrected chi connectivity index (χ2v) is 7.01. The van der Waals surface area contributed by atoms with Gasteiger partial charge in [0, 0.05) is 5.69 Å². The van der Waals surface area contributed by atoms with Gasteiger partial charge in [0.2, 0.25) is 0 Å². The monoisotopic (exact) mass is 395 g/mol. The number of anilines is 1. The SMILES string of the molecule is O=S(=O)(Nc1ccccc1)c1ccc(/C=C/c2noc(C(F)(F)F)n2)cc1. The molecule has 0 unspecified atom stereocenters. The van der Waals surface area contributed by atoms with Crippen LogP contribution in [0.5, 0.6) is 0 Å². The highest BCUT2D eigenvalue weighted by molar-refractivity contribution is 7.92. The van der Waals surface area contributed by atoms with E-state index in [-0.39, 0.29) is 10.7 Å². The van der Waals surface area contributed by atoms with Crippen LogP contribution in [0.3, 0.4) is 0 Å². The number of sulfonamides is 1. The summed E-state index contributed by atoms with van der Waals surface area (Å²) in [5.41, 5.74) is 0.978. The first-order valence-electron chi connectivity index (χ1n) is 7.51. The predicted molar refractivity (Wildman–Crippen MR) is 91.9 cm³/mol. The molecule has 1 aromatic heterocycles. The topological polar surface area (TPSA) is 85.1 Å². The van der Waals surface area contributed by atoms with Crippen LogP contribution >= 0.6 is 0 Å². The molecule has 0 aliphatic rings. The van der Waals surface area contributed by atoms with Crippen molar-refractivity contribution in [1.82, 2.24) is 10.1 Å². The smallest absolute Gasteiger partial charge is 0.329 e. The summed E-state index contributed by atoms with van der Waals surface area (Å²) >= 11 is 0. The standard InChI is InChI=1S/C17H12F3N3O3S/c18-17(19,20)16-21-15(22-26-16)11-8-12-6-9-14(10-7-12)27(24,25)23-13-4-2-1-3-5-13/h1-11,23H/b11-8+. The summed E-state index contributed by atoms with van der Waals surface area (Å²) in [4.78, 5) is 3.25. The molecule has 10 heteroatoms. The maximum absolute atomic E-state index is 12.4. The Hall–Kier alpha value is -3.14. The van der Waals surface area contributed by atoms with Gasteiger partial charge in [-0.3, -0.25) is 4.72 Å². The minimum Gasteiger partial charge on any atom is -0.329 e. The largest absolute Gasteiger partial charge is 0.471 e. The van der Waals surface area contributed by atoms with E-state index in [4.69, 9.17) is 0 Å². The lowest BCUT2D eigenvalue weighted by Gasteiger charge is -2.08. The molecule has 0 aliphatic heterocycles. The maximum Gasteiger partial charge on any atom is 0.471 e. The quantitative estimate of drug-likeness (QED) is 0.704. The van der Waals surface area contributed by atoms with Crippen LogP contribution in [0.25, 0.3) is 12.2 Å². The summed E-state index contributed by atoms with van der Waals surface area (Å²) in [6, 6.07) is 14.2. The zero-order valence-electron chi connectivity index (χ0n) is 13.5. The molecule has 1 N–H and O–H groups in total. The molecule has 3 rings (SSSR count). The molecule has 6 nitrogen and oxygen atoms in total. The number of para-hydroxylation sites is 1. The number of alkyl halides is 3. The number of benzene rings is 2. The summed E-state index contributed by atoms with van der Waals surface area (Å²) in [6.07, 6.45) is -2.04. The summed E-state index contributed by atoms with van der Waals surface area (Å²) < 4.78 is 68.4. The van der Waals surface area contributed by atoms with Crippen LogP contribution in [0.4, 0.5) is 18.9 Å². The highest BCUT2D eigenvalue weighted by Crippen LogP contribution is 2.27. The number of nitrogens with zero attached hydrogens (tertiary/aromatic N) is 2. The normalized spacial score (nSPS) is 12.4. The summed E-state index contributed by atoms with van der Waals surface area (Å²) in [5, 5.41) is 3.20. The molecule has 0 aliphatic carbocycles. The van der Waals surface area contributed by atoms with Gasteiger partial charge in [-0.05, 0) is 35.9 Å². The molecule has 1 heterocycles. The van der Waals surface area contributed by atoms with Crippen molar-refractivity contribution in [3.05, 3.63) is 71.9 Å². The van der Waals surface area contributed by atoms with Crippen LogP contribution in [-0.4, -0.2) is 18.6 Å². The van der Waals surface area contributed by atoms with E-state index in [0.29, 0.717) is 11.3 Å². The van der Waals surface area contributed by atoms with E-state index in [1.165, 1.54) is 36.4 Å². The molecule has 0 atom stereocenters. The van der Waals surface area contributed by atoms with Crippen molar-refractivity contribution >= 4 is 27.9 Å². The van der Waals surface area contributed by atoms with Crippen LogP contribution in [-0.2, 0) is 16.2 Å².